The van der Waals surface area contributed by atoms with Crippen LogP contribution in [0.5, 0.6) is 0 Å². The molecule has 0 unspecified atom stereocenters. The Morgan fingerprint density at radius 1 is 1.29 bits per heavy atom. The van der Waals surface area contributed by atoms with Crippen LogP contribution in [-0.4, -0.2) is 49.0 Å². The molecule has 0 bridgehead atoms. The minimum absolute atomic E-state index is 0.260. The van der Waals surface area contributed by atoms with Crippen molar-refractivity contribution in [2.45, 2.75) is 57.6 Å². The molecule has 100 valence electrons. The van der Waals surface area contributed by atoms with Crippen molar-refractivity contribution < 1.29 is 20.1 Å². The van der Waals surface area contributed by atoms with Gasteiger partial charge >= 0.3 is 0 Å². The second-order valence-electron chi connectivity index (χ2n) is 4.92. The zero-order valence-electron chi connectivity index (χ0n) is 10.9. The van der Waals surface area contributed by atoms with Gasteiger partial charge in [-0.15, -0.1) is 0 Å². The number of ether oxygens (including phenoxy) is 1. The Morgan fingerprint density at radius 2 is 1.94 bits per heavy atom. The quantitative estimate of drug-likeness (QED) is 0.632. The van der Waals surface area contributed by atoms with E-state index in [-0.39, 0.29) is 6.61 Å². The van der Waals surface area contributed by atoms with Gasteiger partial charge in [-0.25, -0.2) is 0 Å². The molecule has 1 rings (SSSR count). The van der Waals surface area contributed by atoms with Gasteiger partial charge in [0.15, 0.2) is 0 Å². The maximum Gasteiger partial charge on any atom is 0.149 e. The average Bonchev–Trinajstić information content (AvgIpc) is 2.30. The Balaban J connectivity index is 2.95. The maximum absolute atomic E-state index is 10.1. The largest absolute Gasteiger partial charge is 0.495 e. The molecule has 5 heteroatoms. The minimum Gasteiger partial charge on any atom is -0.495 e. The molecule has 0 amide bonds. The summed E-state index contributed by atoms with van der Waals surface area (Å²) in [5.41, 5.74) is 0.853. The molecule has 0 spiro atoms. The maximum atomic E-state index is 10.1. The van der Waals surface area contributed by atoms with Gasteiger partial charge in [0.25, 0.3) is 0 Å². The molecule has 0 aromatic carbocycles. The Morgan fingerprint density at radius 3 is 2.41 bits per heavy atom. The smallest absolute Gasteiger partial charge is 0.149 e. The molecule has 1 aliphatic heterocycles. The highest BCUT2D eigenvalue weighted by molar-refractivity contribution is 6.63. The third kappa shape index (κ3) is 3.31. The van der Waals surface area contributed by atoms with Gasteiger partial charge in [0.05, 0.1) is 12.0 Å². The summed E-state index contributed by atoms with van der Waals surface area (Å²) in [6.45, 7) is 6.08. The molecule has 0 saturated carbocycles. The zero-order chi connectivity index (χ0) is 13.0. The summed E-state index contributed by atoms with van der Waals surface area (Å²) in [6.07, 6.45) is 0.230. The van der Waals surface area contributed by atoms with E-state index in [1.54, 1.807) is 0 Å². The SMILES string of the molecule is CCCCC1=C([SiH](C)C)O[C@H](CO)[C@@H](O)[C@@H]1O. The molecular weight excluding hydrogens is 236 g/mol. The summed E-state index contributed by atoms with van der Waals surface area (Å²) >= 11 is 0. The highest BCUT2D eigenvalue weighted by atomic mass is 28.3. The van der Waals surface area contributed by atoms with Gasteiger partial charge in [-0.05, 0) is 18.4 Å². The Labute approximate surface area is 105 Å². The molecule has 0 fully saturated rings. The lowest BCUT2D eigenvalue weighted by Crippen LogP contribution is -2.47. The van der Waals surface area contributed by atoms with Crippen molar-refractivity contribution in [2.75, 3.05) is 6.61 Å². The van der Waals surface area contributed by atoms with Crippen molar-refractivity contribution in [3.63, 3.8) is 0 Å². The topological polar surface area (TPSA) is 69.9 Å². The monoisotopic (exact) mass is 260 g/mol. The van der Waals surface area contributed by atoms with Gasteiger partial charge in [-0.2, -0.15) is 0 Å². The molecule has 0 aliphatic carbocycles. The predicted molar refractivity (Wildman–Crippen MR) is 69.4 cm³/mol. The summed E-state index contributed by atoms with van der Waals surface area (Å²) in [4.78, 5) is 0. The lowest BCUT2D eigenvalue weighted by Gasteiger charge is -2.36. The fraction of sp³-hybridized carbons (Fsp3) is 0.833. The lowest BCUT2D eigenvalue weighted by molar-refractivity contribution is -0.0920. The van der Waals surface area contributed by atoms with E-state index in [9.17, 15) is 10.2 Å². The number of unbranched alkanes of at least 4 members (excludes halogenated alkanes) is 1. The zero-order valence-corrected chi connectivity index (χ0v) is 12.0. The van der Waals surface area contributed by atoms with Crippen LogP contribution in [0.3, 0.4) is 0 Å². The molecule has 0 aromatic rings. The molecule has 0 saturated heterocycles. The first-order valence-electron chi connectivity index (χ1n) is 6.39. The minimum atomic E-state index is -1.20. The van der Waals surface area contributed by atoms with Crippen molar-refractivity contribution in [1.82, 2.24) is 0 Å². The van der Waals surface area contributed by atoms with Crippen molar-refractivity contribution >= 4 is 8.80 Å². The molecule has 1 heterocycles. The second kappa shape index (κ2) is 6.54. The van der Waals surface area contributed by atoms with E-state index >= 15 is 0 Å². The standard InChI is InChI=1S/C12H24O4Si/c1-4-5-6-8-10(14)11(15)9(7-13)16-12(8)17(2)3/h9-11,13-15,17H,4-7H2,1-3H3/t9-,10-,11-/m1/s1. The molecule has 0 aromatic heterocycles. The third-order valence-electron chi connectivity index (χ3n) is 3.16. The first kappa shape index (κ1) is 14.7. The fourth-order valence-electron chi connectivity index (χ4n) is 2.15. The lowest BCUT2D eigenvalue weighted by atomic mass is 9.95. The molecule has 17 heavy (non-hydrogen) atoms. The Kier molecular flexibility index (Phi) is 5.65. The normalized spacial score (nSPS) is 29.7. The Bertz CT molecular complexity index is 278. The van der Waals surface area contributed by atoms with Crippen LogP contribution in [-0.2, 0) is 4.74 Å². The average molecular weight is 260 g/mol. The van der Waals surface area contributed by atoms with Gasteiger partial charge in [-0.3, -0.25) is 0 Å². The number of rotatable bonds is 5. The van der Waals surface area contributed by atoms with E-state index < -0.39 is 27.1 Å². The summed E-state index contributed by atoms with van der Waals surface area (Å²) in [6, 6.07) is 0. The van der Waals surface area contributed by atoms with Gasteiger partial charge in [0, 0.05) is 0 Å². The van der Waals surface area contributed by atoms with Crippen molar-refractivity contribution in [3.05, 3.63) is 11.0 Å². The van der Waals surface area contributed by atoms with E-state index in [1.807, 2.05) is 0 Å². The number of aliphatic hydroxyl groups is 3. The van der Waals surface area contributed by atoms with Crippen molar-refractivity contribution in [3.8, 4) is 0 Å². The van der Waals surface area contributed by atoms with Gasteiger partial charge in [0.1, 0.15) is 27.1 Å². The predicted octanol–water partition coefficient (Wildman–Crippen LogP) is 0.569. The van der Waals surface area contributed by atoms with Gasteiger partial charge < -0.3 is 20.1 Å². The molecule has 0 radical (unpaired) electrons. The van der Waals surface area contributed by atoms with Crippen LogP contribution < -0.4 is 0 Å². The molecular formula is C12H24O4Si. The van der Waals surface area contributed by atoms with E-state index in [0.717, 1.165) is 30.2 Å². The first-order chi connectivity index (χ1) is 8.02. The van der Waals surface area contributed by atoms with Gasteiger partial charge in [-0.1, -0.05) is 26.4 Å². The van der Waals surface area contributed by atoms with E-state index in [2.05, 4.69) is 20.0 Å². The number of hydrogen-bond donors (Lipinski definition) is 3. The van der Waals surface area contributed by atoms with E-state index in [1.165, 1.54) is 0 Å². The highest BCUT2D eigenvalue weighted by Crippen LogP contribution is 2.29. The summed E-state index contributed by atoms with van der Waals surface area (Å²) in [5, 5.41) is 30.0. The van der Waals surface area contributed by atoms with Crippen LogP contribution in [0.1, 0.15) is 26.2 Å². The first-order valence-corrected chi connectivity index (χ1v) is 9.28. The highest BCUT2D eigenvalue weighted by Gasteiger charge is 2.37. The van der Waals surface area contributed by atoms with Crippen LogP contribution in [0.15, 0.2) is 11.0 Å². The van der Waals surface area contributed by atoms with Crippen molar-refractivity contribution in [2.24, 2.45) is 0 Å². The summed E-state index contributed by atoms with van der Waals surface area (Å²) in [5.74, 6) is 0. The van der Waals surface area contributed by atoms with Crippen LogP contribution in [0.2, 0.25) is 13.1 Å². The van der Waals surface area contributed by atoms with E-state index in [0.29, 0.717) is 0 Å². The number of aliphatic hydroxyl groups excluding tert-OH is 3. The van der Waals surface area contributed by atoms with Crippen LogP contribution in [0.25, 0.3) is 0 Å². The summed E-state index contributed by atoms with van der Waals surface area (Å²) < 4.78 is 5.67. The van der Waals surface area contributed by atoms with Crippen LogP contribution in [0.4, 0.5) is 0 Å². The Hall–Kier alpha value is -0.363. The molecule has 1 aliphatic rings. The van der Waals surface area contributed by atoms with Crippen molar-refractivity contribution in [1.29, 1.82) is 0 Å². The molecule has 3 atom stereocenters. The van der Waals surface area contributed by atoms with Gasteiger partial charge in [0.2, 0.25) is 0 Å². The second-order valence-corrected chi connectivity index (χ2v) is 7.76. The van der Waals surface area contributed by atoms with Crippen LogP contribution >= 0.6 is 0 Å². The third-order valence-corrected chi connectivity index (χ3v) is 4.72. The number of hydrogen-bond acceptors (Lipinski definition) is 4. The summed E-state index contributed by atoms with van der Waals surface area (Å²) in [7, 11) is -1.20. The fourth-order valence-corrected chi connectivity index (χ4v) is 3.66. The van der Waals surface area contributed by atoms with E-state index in [4.69, 9.17) is 9.84 Å². The molecule has 3 N–H and O–H groups in total. The van der Waals surface area contributed by atoms with Crippen LogP contribution in [0, 0.1) is 0 Å². The molecule has 4 nitrogen and oxygen atoms in total.